The van der Waals surface area contributed by atoms with Gasteiger partial charge in [-0.25, -0.2) is 12.7 Å². The highest BCUT2D eigenvalue weighted by Crippen LogP contribution is 2.21. The topological polar surface area (TPSA) is 80.6 Å². The van der Waals surface area contributed by atoms with Gasteiger partial charge in [0.2, 0.25) is 10.0 Å². The Morgan fingerprint density at radius 2 is 2.04 bits per heavy atom. The van der Waals surface area contributed by atoms with E-state index in [-0.39, 0.29) is 23.6 Å². The molecule has 2 atom stereocenters. The van der Waals surface area contributed by atoms with E-state index in [2.05, 4.69) is 5.32 Å². The minimum absolute atomic E-state index is 0.0416. The fourth-order valence-electron chi connectivity index (χ4n) is 3.09. The normalized spacial score (nSPS) is 21.1. The molecule has 1 saturated heterocycles. The maximum atomic E-state index is 12.7. The first-order valence-corrected chi connectivity index (χ1v) is 9.74. The van der Waals surface area contributed by atoms with Crippen molar-refractivity contribution in [2.75, 3.05) is 33.1 Å². The molecule has 3 rings (SSSR count). The molecule has 7 nitrogen and oxygen atoms in total. The molecule has 0 unspecified atom stereocenters. The van der Waals surface area contributed by atoms with Crippen molar-refractivity contribution < 1.29 is 17.9 Å². The lowest BCUT2D eigenvalue weighted by atomic mass is 10.1. The monoisotopic (exact) mass is 365 g/mol. The van der Waals surface area contributed by atoms with Crippen LogP contribution in [0.1, 0.15) is 10.5 Å². The van der Waals surface area contributed by atoms with Crippen molar-refractivity contribution in [3.05, 3.63) is 36.0 Å². The predicted molar refractivity (Wildman–Crippen MR) is 96.0 cm³/mol. The Labute approximate surface area is 147 Å². The number of amides is 1. The van der Waals surface area contributed by atoms with Crippen molar-refractivity contribution in [3.63, 3.8) is 0 Å². The molecular formula is C17H23N3O4S. The van der Waals surface area contributed by atoms with Gasteiger partial charge in [0.15, 0.2) is 0 Å². The van der Waals surface area contributed by atoms with E-state index in [9.17, 15) is 13.2 Å². The summed E-state index contributed by atoms with van der Waals surface area (Å²) in [6.45, 7) is 0.649. The van der Waals surface area contributed by atoms with Crippen LogP contribution in [0.3, 0.4) is 0 Å². The molecule has 0 saturated carbocycles. The third-order valence-corrected chi connectivity index (χ3v) is 6.64. The average Bonchev–Trinajstić information content (AvgIpc) is 3.12. The number of nitrogens with one attached hydrogen (secondary N) is 1. The van der Waals surface area contributed by atoms with Gasteiger partial charge in [0.25, 0.3) is 5.91 Å². The summed E-state index contributed by atoms with van der Waals surface area (Å²) < 4.78 is 32.7. The molecule has 1 amide bonds. The summed E-state index contributed by atoms with van der Waals surface area (Å²) in [6, 6.07) is 9.29. The fourth-order valence-corrected chi connectivity index (χ4v) is 4.26. The van der Waals surface area contributed by atoms with Crippen molar-refractivity contribution in [1.29, 1.82) is 0 Å². The van der Waals surface area contributed by atoms with Crippen LogP contribution < -0.4 is 5.32 Å². The molecule has 1 aromatic carbocycles. The van der Waals surface area contributed by atoms with Crippen molar-refractivity contribution in [3.8, 4) is 0 Å². The number of fused-ring (bicyclic) bond motifs is 1. The molecule has 1 aliphatic rings. The number of ether oxygens (including phenoxy) is 1. The highest BCUT2D eigenvalue weighted by Gasteiger charge is 2.34. The Kier molecular flexibility index (Phi) is 4.86. The zero-order valence-electron chi connectivity index (χ0n) is 14.6. The quantitative estimate of drug-likeness (QED) is 0.850. The maximum absolute atomic E-state index is 12.7. The van der Waals surface area contributed by atoms with E-state index < -0.39 is 10.0 Å². The molecule has 1 fully saturated rings. The second-order valence-electron chi connectivity index (χ2n) is 6.59. The van der Waals surface area contributed by atoms with Gasteiger partial charge in [-0.2, -0.15) is 0 Å². The minimum Gasteiger partial charge on any atom is -0.379 e. The highest BCUT2D eigenvalue weighted by atomic mass is 32.2. The van der Waals surface area contributed by atoms with Crippen molar-refractivity contribution in [2.45, 2.75) is 6.04 Å². The molecule has 136 valence electrons. The lowest BCUT2D eigenvalue weighted by Gasteiger charge is -2.21. The van der Waals surface area contributed by atoms with Gasteiger partial charge in [0, 0.05) is 38.0 Å². The number of rotatable bonds is 5. The van der Waals surface area contributed by atoms with Gasteiger partial charge < -0.3 is 14.6 Å². The number of hydrogen-bond acceptors (Lipinski definition) is 4. The van der Waals surface area contributed by atoms with E-state index >= 15 is 0 Å². The highest BCUT2D eigenvalue weighted by molar-refractivity contribution is 7.89. The molecule has 2 aromatic rings. The van der Waals surface area contributed by atoms with Gasteiger partial charge in [-0.1, -0.05) is 18.2 Å². The summed E-state index contributed by atoms with van der Waals surface area (Å²) in [4.78, 5) is 12.7. The van der Waals surface area contributed by atoms with E-state index in [4.69, 9.17) is 4.74 Å². The predicted octanol–water partition coefficient (Wildman–Crippen LogP) is 0.815. The number of aromatic nitrogens is 1. The Balaban J connectivity index is 1.76. The van der Waals surface area contributed by atoms with Gasteiger partial charge in [0.1, 0.15) is 5.69 Å². The summed E-state index contributed by atoms with van der Waals surface area (Å²) >= 11 is 0. The van der Waals surface area contributed by atoms with Gasteiger partial charge in [0.05, 0.1) is 25.0 Å². The van der Waals surface area contributed by atoms with Crippen LogP contribution in [0.4, 0.5) is 0 Å². The number of carbonyl (C=O) groups is 1. The maximum Gasteiger partial charge on any atom is 0.268 e. The van der Waals surface area contributed by atoms with E-state index in [0.29, 0.717) is 18.9 Å². The molecule has 1 N–H and O–H groups in total. The van der Waals surface area contributed by atoms with Crippen molar-refractivity contribution in [1.82, 2.24) is 14.2 Å². The summed E-state index contributed by atoms with van der Waals surface area (Å²) in [5.41, 5.74) is 1.52. The fraction of sp³-hybridized carbons (Fsp3) is 0.471. The lowest BCUT2D eigenvalue weighted by molar-refractivity contribution is 0.0918. The standard InChI is InChI=1S/C17H23N3O4S/c1-19(2)25(22,23)11-13-9-24-10-14(13)18-17(21)16-8-12-6-4-5-7-15(12)20(16)3/h4-8,13-14H,9-11H2,1-3H3,(H,18,21)/t13-,14-/m0/s1. The Morgan fingerprint density at radius 1 is 1.32 bits per heavy atom. The minimum atomic E-state index is -3.35. The van der Waals surface area contributed by atoms with E-state index in [1.54, 1.807) is 0 Å². The van der Waals surface area contributed by atoms with E-state index in [1.807, 2.05) is 41.9 Å². The molecule has 25 heavy (non-hydrogen) atoms. The van der Waals surface area contributed by atoms with Crippen LogP contribution in [0.15, 0.2) is 30.3 Å². The Bertz CT molecular complexity index is 888. The average molecular weight is 365 g/mol. The first-order valence-electron chi connectivity index (χ1n) is 8.13. The first kappa shape index (κ1) is 17.9. The molecule has 2 heterocycles. The van der Waals surface area contributed by atoms with Gasteiger partial charge in [-0.3, -0.25) is 4.79 Å². The van der Waals surface area contributed by atoms with Crippen LogP contribution in [-0.2, 0) is 21.8 Å². The van der Waals surface area contributed by atoms with Crippen LogP contribution in [0.25, 0.3) is 10.9 Å². The van der Waals surface area contributed by atoms with Crippen LogP contribution in [0.2, 0.25) is 0 Å². The first-order chi connectivity index (χ1) is 11.8. The van der Waals surface area contributed by atoms with Crippen LogP contribution in [0.5, 0.6) is 0 Å². The number of hydrogen-bond donors (Lipinski definition) is 1. The summed E-state index contributed by atoms with van der Waals surface area (Å²) in [7, 11) is 1.51. The Hall–Kier alpha value is -1.90. The van der Waals surface area contributed by atoms with Crippen LogP contribution in [0, 0.1) is 5.92 Å². The number of aryl methyl sites for hydroxylation is 1. The zero-order valence-corrected chi connectivity index (χ0v) is 15.4. The zero-order chi connectivity index (χ0) is 18.2. The third kappa shape index (κ3) is 3.56. The van der Waals surface area contributed by atoms with E-state index in [1.165, 1.54) is 18.4 Å². The lowest BCUT2D eigenvalue weighted by Crippen LogP contribution is -2.44. The molecule has 0 aliphatic carbocycles. The van der Waals surface area contributed by atoms with Crippen LogP contribution >= 0.6 is 0 Å². The number of sulfonamides is 1. The largest absolute Gasteiger partial charge is 0.379 e. The third-order valence-electron chi connectivity index (χ3n) is 4.68. The van der Waals surface area contributed by atoms with Crippen molar-refractivity contribution in [2.24, 2.45) is 13.0 Å². The second kappa shape index (κ2) is 6.78. The molecule has 1 aromatic heterocycles. The smallest absolute Gasteiger partial charge is 0.268 e. The second-order valence-corrected chi connectivity index (χ2v) is 8.81. The SMILES string of the molecule is CN(C)S(=O)(=O)C[C@@H]1COC[C@@H]1NC(=O)c1cc2ccccc2n1C. The molecule has 0 bridgehead atoms. The molecular weight excluding hydrogens is 342 g/mol. The number of carbonyl (C=O) groups excluding carboxylic acids is 1. The molecule has 0 spiro atoms. The molecule has 0 radical (unpaired) electrons. The number of benzene rings is 1. The summed E-state index contributed by atoms with van der Waals surface area (Å²) in [5, 5.41) is 3.93. The Morgan fingerprint density at radius 3 is 2.72 bits per heavy atom. The van der Waals surface area contributed by atoms with Crippen molar-refractivity contribution >= 4 is 26.8 Å². The van der Waals surface area contributed by atoms with Gasteiger partial charge in [-0.15, -0.1) is 0 Å². The number of para-hydroxylation sites is 1. The molecule has 8 heteroatoms. The summed E-state index contributed by atoms with van der Waals surface area (Å²) in [6.07, 6.45) is 0. The summed E-state index contributed by atoms with van der Waals surface area (Å²) in [5.74, 6) is -0.521. The van der Waals surface area contributed by atoms with Gasteiger partial charge >= 0.3 is 0 Å². The molecule has 1 aliphatic heterocycles. The van der Waals surface area contributed by atoms with Gasteiger partial charge in [-0.05, 0) is 12.1 Å². The van der Waals surface area contributed by atoms with Crippen LogP contribution in [-0.4, -0.2) is 62.3 Å². The van der Waals surface area contributed by atoms with E-state index in [0.717, 1.165) is 10.9 Å². The number of nitrogens with zero attached hydrogens (tertiary/aromatic N) is 2.